The van der Waals surface area contributed by atoms with Crippen LogP contribution in [0.2, 0.25) is 0 Å². The molecule has 96 valence electrons. The van der Waals surface area contributed by atoms with Crippen molar-refractivity contribution in [2.45, 2.75) is 39.7 Å². The van der Waals surface area contributed by atoms with Gasteiger partial charge >= 0.3 is 0 Å². The monoisotopic (exact) mass is 248 g/mol. The summed E-state index contributed by atoms with van der Waals surface area (Å²) in [6.45, 7) is 8.27. The topological polar surface area (TPSA) is 34.9 Å². The molecule has 2 aromatic rings. The summed E-state index contributed by atoms with van der Waals surface area (Å²) >= 11 is 0. The van der Waals surface area contributed by atoms with Crippen molar-refractivity contribution >= 4 is 10.8 Å². The highest BCUT2D eigenvalue weighted by Crippen LogP contribution is 2.26. The van der Waals surface area contributed by atoms with Crippen LogP contribution in [0.5, 0.6) is 0 Å². The van der Waals surface area contributed by atoms with E-state index in [-0.39, 0.29) is 16.4 Å². The molecule has 0 fully saturated rings. The Morgan fingerprint density at radius 1 is 1.33 bits per heavy atom. The average Bonchev–Trinajstić information content (AvgIpc) is 2.27. The summed E-state index contributed by atoms with van der Waals surface area (Å²) in [7, 11) is 0. The lowest BCUT2D eigenvalue weighted by Crippen LogP contribution is -2.23. The van der Waals surface area contributed by atoms with Crippen LogP contribution in [0.3, 0.4) is 0 Å². The molecule has 18 heavy (non-hydrogen) atoms. The molecule has 0 aliphatic rings. The number of benzene rings is 1. The van der Waals surface area contributed by atoms with Gasteiger partial charge in [0.1, 0.15) is 5.82 Å². The lowest BCUT2D eigenvalue weighted by Gasteiger charge is -2.19. The molecule has 0 atom stereocenters. The minimum atomic E-state index is -0.466. The smallest absolute Gasteiger partial charge is 0.267 e. The third-order valence-electron chi connectivity index (χ3n) is 3.07. The summed E-state index contributed by atoms with van der Waals surface area (Å²) in [5.74, 6) is -0.466. The van der Waals surface area contributed by atoms with Crippen LogP contribution < -0.4 is 5.56 Å². The van der Waals surface area contributed by atoms with Crippen LogP contribution in [0.15, 0.2) is 23.1 Å². The molecule has 0 saturated heterocycles. The van der Waals surface area contributed by atoms with Crippen molar-refractivity contribution < 1.29 is 4.39 Å². The highest BCUT2D eigenvalue weighted by Gasteiger charge is 2.18. The predicted octanol–water partition coefficient (Wildman–Crippen LogP) is 2.85. The number of halogens is 1. The SMILES string of the molecule is CCn1ncc2cc(C(C)(C)C)cc(F)c2c1=O. The van der Waals surface area contributed by atoms with Gasteiger partial charge in [0.2, 0.25) is 0 Å². The Kier molecular flexibility index (Phi) is 2.97. The Balaban J connectivity index is 2.82. The standard InChI is InChI=1S/C14H17FN2O/c1-5-17-13(18)12-9(8-16-17)6-10(7-11(12)15)14(2,3)4/h6-8H,5H2,1-4H3. The molecule has 1 aromatic heterocycles. The molecule has 0 saturated carbocycles. The third kappa shape index (κ3) is 2.03. The number of rotatable bonds is 1. The van der Waals surface area contributed by atoms with Gasteiger partial charge in [0.25, 0.3) is 5.56 Å². The average molecular weight is 248 g/mol. The van der Waals surface area contributed by atoms with Gasteiger partial charge in [0.15, 0.2) is 0 Å². The number of aryl methyl sites for hydroxylation is 1. The van der Waals surface area contributed by atoms with E-state index in [0.29, 0.717) is 11.9 Å². The second-order valence-electron chi connectivity index (χ2n) is 5.44. The molecule has 0 aliphatic heterocycles. The maximum absolute atomic E-state index is 14.1. The van der Waals surface area contributed by atoms with Crippen molar-refractivity contribution in [3.05, 3.63) is 40.1 Å². The van der Waals surface area contributed by atoms with Crippen molar-refractivity contribution in [1.29, 1.82) is 0 Å². The third-order valence-corrected chi connectivity index (χ3v) is 3.07. The second-order valence-corrected chi connectivity index (χ2v) is 5.44. The Morgan fingerprint density at radius 3 is 2.56 bits per heavy atom. The molecule has 2 rings (SSSR count). The molecule has 0 aliphatic carbocycles. The number of hydrogen-bond acceptors (Lipinski definition) is 2. The van der Waals surface area contributed by atoms with Gasteiger partial charge < -0.3 is 0 Å². The summed E-state index contributed by atoms with van der Waals surface area (Å²) in [5, 5.41) is 4.72. The van der Waals surface area contributed by atoms with Crippen molar-refractivity contribution in [3.8, 4) is 0 Å². The van der Waals surface area contributed by atoms with Crippen molar-refractivity contribution in [3.63, 3.8) is 0 Å². The van der Waals surface area contributed by atoms with E-state index in [0.717, 1.165) is 5.56 Å². The van der Waals surface area contributed by atoms with Gasteiger partial charge in [0, 0.05) is 11.9 Å². The first-order valence-electron chi connectivity index (χ1n) is 6.04. The van der Waals surface area contributed by atoms with E-state index < -0.39 is 5.82 Å². The zero-order chi connectivity index (χ0) is 13.5. The first kappa shape index (κ1) is 12.7. The zero-order valence-electron chi connectivity index (χ0n) is 11.1. The van der Waals surface area contributed by atoms with Crippen LogP contribution in [-0.4, -0.2) is 9.78 Å². The number of aromatic nitrogens is 2. The Labute approximate surface area is 105 Å². The van der Waals surface area contributed by atoms with Gasteiger partial charge in [-0.15, -0.1) is 0 Å². The molecule has 0 unspecified atom stereocenters. The summed E-state index contributed by atoms with van der Waals surface area (Å²) in [6, 6.07) is 3.29. The molecular formula is C14H17FN2O. The highest BCUT2D eigenvalue weighted by atomic mass is 19.1. The van der Waals surface area contributed by atoms with Crippen LogP contribution >= 0.6 is 0 Å². The van der Waals surface area contributed by atoms with Gasteiger partial charge in [-0.2, -0.15) is 5.10 Å². The van der Waals surface area contributed by atoms with Crippen molar-refractivity contribution in [1.82, 2.24) is 9.78 Å². The molecular weight excluding hydrogens is 231 g/mol. The van der Waals surface area contributed by atoms with E-state index >= 15 is 0 Å². The number of fused-ring (bicyclic) bond motifs is 1. The van der Waals surface area contributed by atoms with Crippen LogP contribution in [0.4, 0.5) is 4.39 Å². The molecule has 0 radical (unpaired) electrons. The first-order valence-corrected chi connectivity index (χ1v) is 6.04. The molecule has 3 nitrogen and oxygen atoms in total. The normalized spacial score (nSPS) is 12.1. The number of nitrogens with zero attached hydrogens (tertiary/aromatic N) is 2. The maximum atomic E-state index is 14.1. The minimum absolute atomic E-state index is 0.125. The van der Waals surface area contributed by atoms with E-state index in [1.165, 1.54) is 10.7 Å². The van der Waals surface area contributed by atoms with E-state index in [9.17, 15) is 9.18 Å². The Morgan fingerprint density at radius 2 is 2.00 bits per heavy atom. The first-order chi connectivity index (χ1) is 8.34. The quantitative estimate of drug-likeness (QED) is 0.777. The molecule has 0 amide bonds. The van der Waals surface area contributed by atoms with E-state index in [1.54, 1.807) is 6.20 Å². The molecule has 1 aromatic carbocycles. The molecule has 0 bridgehead atoms. The largest absolute Gasteiger partial charge is 0.277 e. The van der Waals surface area contributed by atoms with Crippen LogP contribution in [0.1, 0.15) is 33.3 Å². The van der Waals surface area contributed by atoms with Crippen LogP contribution in [0.25, 0.3) is 10.8 Å². The van der Waals surface area contributed by atoms with Crippen LogP contribution in [-0.2, 0) is 12.0 Å². The summed E-state index contributed by atoms with van der Waals surface area (Å²) in [6.07, 6.45) is 1.55. The van der Waals surface area contributed by atoms with Crippen molar-refractivity contribution in [2.24, 2.45) is 0 Å². The fraction of sp³-hybridized carbons (Fsp3) is 0.429. The molecule has 0 N–H and O–H groups in total. The summed E-state index contributed by atoms with van der Waals surface area (Å²) in [5.41, 5.74) is 0.338. The second kappa shape index (κ2) is 4.19. The van der Waals surface area contributed by atoms with E-state index in [1.807, 2.05) is 33.8 Å². The molecule has 4 heteroatoms. The van der Waals surface area contributed by atoms with Gasteiger partial charge in [-0.25, -0.2) is 9.07 Å². The minimum Gasteiger partial charge on any atom is -0.267 e. The van der Waals surface area contributed by atoms with Gasteiger partial charge in [-0.3, -0.25) is 4.79 Å². The predicted molar refractivity (Wildman–Crippen MR) is 70.3 cm³/mol. The molecule has 0 spiro atoms. The molecule has 1 heterocycles. The highest BCUT2D eigenvalue weighted by molar-refractivity contribution is 5.82. The Hall–Kier alpha value is -1.71. The summed E-state index contributed by atoms with van der Waals surface area (Å²) < 4.78 is 15.4. The Bertz CT molecular complexity index is 653. The summed E-state index contributed by atoms with van der Waals surface area (Å²) in [4.78, 5) is 12.0. The van der Waals surface area contributed by atoms with Crippen molar-refractivity contribution in [2.75, 3.05) is 0 Å². The maximum Gasteiger partial charge on any atom is 0.277 e. The van der Waals surface area contributed by atoms with Gasteiger partial charge in [-0.1, -0.05) is 20.8 Å². The van der Waals surface area contributed by atoms with E-state index in [2.05, 4.69) is 5.10 Å². The van der Waals surface area contributed by atoms with Crippen LogP contribution in [0, 0.1) is 5.82 Å². The fourth-order valence-electron chi connectivity index (χ4n) is 1.93. The fourth-order valence-corrected chi connectivity index (χ4v) is 1.93. The van der Waals surface area contributed by atoms with Gasteiger partial charge in [-0.05, 0) is 30.0 Å². The van der Waals surface area contributed by atoms with E-state index in [4.69, 9.17) is 0 Å². The number of hydrogen-bond donors (Lipinski definition) is 0. The lowest BCUT2D eigenvalue weighted by atomic mass is 9.86. The van der Waals surface area contributed by atoms with Gasteiger partial charge in [0.05, 0.1) is 11.6 Å². The zero-order valence-corrected chi connectivity index (χ0v) is 11.1. The lowest BCUT2D eigenvalue weighted by molar-refractivity contribution is 0.573.